The van der Waals surface area contributed by atoms with Gasteiger partial charge in [0.2, 0.25) is 0 Å². The topological polar surface area (TPSA) is 59.4 Å². The second kappa shape index (κ2) is 4.56. The Balaban J connectivity index is 1.79. The number of aromatic nitrogens is 5. The van der Waals surface area contributed by atoms with Crippen LogP contribution >= 0.6 is 0 Å². The Bertz CT molecular complexity index is 886. The molecule has 0 saturated carbocycles. The molecule has 0 unspecified atom stereocenters. The monoisotopic (exact) mass is 275 g/mol. The van der Waals surface area contributed by atoms with Crippen LogP contribution in [0.3, 0.4) is 0 Å². The molecular weight excluding hydrogens is 262 g/mol. The van der Waals surface area contributed by atoms with Gasteiger partial charge in [0.1, 0.15) is 5.69 Å². The first-order valence-electron chi connectivity index (χ1n) is 6.75. The van der Waals surface area contributed by atoms with Crippen LogP contribution in [0.1, 0.15) is 5.56 Å². The van der Waals surface area contributed by atoms with Gasteiger partial charge in [-0.15, -0.1) is 5.10 Å². The van der Waals surface area contributed by atoms with Crippen molar-refractivity contribution in [2.75, 3.05) is 0 Å². The third-order valence-corrected chi connectivity index (χ3v) is 3.49. The smallest absolute Gasteiger partial charge is 0.160 e. The Morgan fingerprint density at radius 2 is 1.81 bits per heavy atom. The van der Waals surface area contributed by atoms with Crippen molar-refractivity contribution in [2.24, 2.45) is 0 Å². The van der Waals surface area contributed by atoms with Crippen LogP contribution in [-0.4, -0.2) is 25.0 Å². The molecule has 102 valence electrons. The Labute approximate surface area is 121 Å². The molecule has 0 aliphatic rings. The summed E-state index contributed by atoms with van der Waals surface area (Å²) in [6.07, 6.45) is 1.89. The summed E-state index contributed by atoms with van der Waals surface area (Å²) in [7, 11) is 0. The highest BCUT2D eigenvalue weighted by Gasteiger charge is 2.10. The molecule has 0 aliphatic carbocycles. The molecular formula is C16H13N5. The molecule has 0 amide bonds. The lowest BCUT2D eigenvalue weighted by Gasteiger charge is -2.02. The van der Waals surface area contributed by atoms with E-state index in [2.05, 4.69) is 33.3 Å². The van der Waals surface area contributed by atoms with Crippen molar-refractivity contribution < 1.29 is 0 Å². The zero-order valence-corrected chi connectivity index (χ0v) is 11.5. The summed E-state index contributed by atoms with van der Waals surface area (Å²) in [5.74, 6) is 0.732. The fourth-order valence-corrected chi connectivity index (χ4v) is 2.38. The quantitative estimate of drug-likeness (QED) is 0.611. The highest BCUT2D eigenvalue weighted by molar-refractivity contribution is 5.78. The fraction of sp³-hybridized carbons (Fsp3) is 0.0625. The minimum atomic E-state index is 0.731. The third-order valence-electron chi connectivity index (χ3n) is 3.49. The van der Waals surface area contributed by atoms with E-state index in [1.54, 1.807) is 4.68 Å². The number of para-hydroxylation sites is 3. The zero-order valence-electron chi connectivity index (χ0n) is 11.5. The molecule has 2 heterocycles. The Kier molecular flexibility index (Phi) is 2.57. The average Bonchev–Trinajstić information content (AvgIpc) is 3.14. The average molecular weight is 275 g/mol. The minimum Gasteiger partial charge on any atom is -0.337 e. The van der Waals surface area contributed by atoms with Gasteiger partial charge in [0, 0.05) is 0 Å². The predicted octanol–water partition coefficient (Wildman–Crippen LogP) is 3.12. The van der Waals surface area contributed by atoms with Gasteiger partial charge in [-0.2, -0.15) is 0 Å². The van der Waals surface area contributed by atoms with Crippen molar-refractivity contribution in [3.8, 4) is 17.2 Å². The lowest BCUT2D eigenvalue weighted by Crippen LogP contribution is -1.96. The molecule has 0 fully saturated rings. The highest BCUT2D eigenvalue weighted by Crippen LogP contribution is 2.20. The minimum absolute atomic E-state index is 0.731. The van der Waals surface area contributed by atoms with E-state index in [4.69, 9.17) is 0 Å². The van der Waals surface area contributed by atoms with Crippen LogP contribution in [0.5, 0.6) is 0 Å². The molecule has 1 N–H and O–H groups in total. The highest BCUT2D eigenvalue weighted by atomic mass is 15.4. The van der Waals surface area contributed by atoms with Crippen molar-refractivity contribution in [3.05, 3.63) is 60.3 Å². The maximum Gasteiger partial charge on any atom is 0.160 e. The van der Waals surface area contributed by atoms with Gasteiger partial charge in [-0.1, -0.05) is 35.5 Å². The number of nitrogens with one attached hydrogen (secondary N) is 1. The van der Waals surface area contributed by atoms with Crippen LogP contribution in [0.15, 0.2) is 54.7 Å². The molecule has 4 rings (SSSR count). The molecule has 5 nitrogen and oxygen atoms in total. The van der Waals surface area contributed by atoms with Crippen LogP contribution in [0.25, 0.3) is 28.2 Å². The molecule has 2 aromatic heterocycles. The van der Waals surface area contributed by atoms with Crippen LogP contribution < -0.4 is 0 Å². The van der Waals surface area contributed by atoms with Gasteiger partial charge in [0.05, 0.1) is 22.9 Å². The first kappa shape index (κ1) is 11.8. The first-order chi connectivity index (χ1) is 10.3. The SMILES string of the molecule is Cc1ccccc1-n1cc(-c2nc3ccccc3[nH]2)nn1. The van der Waals surface area contributed by atoms with Crippen molar-refractivity contribution in [1.29, 1.82) is 0 Å². The van der Waals surface area contributed by atoms with E-state index in [1.807, 2.05) is 48.7 Å². The van der Waals surface area contributed by atoms with Crippen molar-refractivity contribution in [1.82, 2.24) is 25.0 Å². The molecule has 4 aromatic rings. The van der Waals surface area contributed by atoms with E-state index in [1.165, 1.54) is 0 Å². The third kappa shape index (κ3) is 1.99. The van der Waals surface area contributed by atoms with Crippen LogP contribution in [-0.2, 0) is 0 Å². The van der Waals surface area contributed by atoms with E-state index in [9.17, 15) is 0 Å². The molecule has 21 heavy (non-hydrogen) atoms. The van der Waals surface area contributed by atoms with Gasteiger partial charge in [-0.25, -0.2) is 9.67 Å². The largest absolute Gasteiger partial charge is 0.337 e. The van der Waals surface area contributed by atoms with E-state index in [0.717, 1.165) is 33.8 Å². The number of hydrogen-bond acceptors (Lipinski definition) is 3. The van der Waals surface area contributed by atoms with E-state index in [0.29, 0.717) is 0 Å². The van der Waals surface area contributed by atoms with E-state index >= 15 is 0 Å². The second-order valence-corrected chi connectivity index (χ2v) is 4.94. The normalized spacial score (nSPS) is 11.1. The Morgan fingerprint density at radius 3 is 2.67 bits per heavy atom. The summed E-state index contributed by atoms with van der Waals surface area (Å²) in [4.78, 5) is 7.81. The molecule has 0 saturated heterocycles. The second-order valence-electron chi connectivity index (χ2n) is 4.94. The Hall–Kier alpha value is -2.95. The number of nitrogens with zero attached hydrogens (tertiary/aromatic N) is 4. The van der Waals surface area contributed by atoms with Gasteiger partial charge in [0.15, 0.2) is 5.82 Å². The molecule has 0 atom stereocenters. The van der Waals surface area contributed by atoms with Crippen molar-refractivity contribution in [3.63, 3.8) is 0 Å². The molecule has 0 spiro atoms. The number of imidazole rings is 1. The summed E-state index contributed by atoms with van der Waals surface area (Å²) < 4.78 is 1.78. The Morgan fingerprint density at radius 1 is 1.00 bits per heavy atom. The summed E-state index contributed by atoms with van der Waals surface area (Å²) >= 11 is 0. The van der Waals surface area contributed by atoms with Gasteiger partial charge in [-0.05, 0) is 30.7 Å². The van der Waals surface area contributed by atoms with Crippen LogP contribution in [0, 0.1) is 6.92 Å². The number of aromatic amines is 1. The van der Waals surface area contributed by atoms with Crippen molar-refractivity contribution >= 4 is 11.0 Å². The van der Waals surface area contributed by atoms with E-state index < -0.39 is 0 Å². The maximum absolute atomic E-state index is 4.54. The lowest BCUT2D eigenvalue weighted by atomic mass is 10.2. The fourth-order valence-electron chi connectivity index (χ4n) is 2.38. The predicted molar refractivity (Wildman–Crippen MR) is 81.2 cm³/mol. The molecule has 5 heteroatoms. The standard InChI is InChI=1S/C16H13N5/c1-11-6-2-5-9-15(11)21-10-14(19-20-21)16-17-12-7-3-4-8-13(12)18-16/h2-10H,1H3,(H,17,18). The molecule has 0 bridgehead atoms. The van der Waals surface area contributed by atoms with Gasteiger partial charge in [0.25, 0.3) is 0 Å². The van der Waals surface area contributed by atoms with Gasteiger partial charge in [-0.3, -0.25) is 0 Å². The molecule has 2 aromatic carbocycles. The van der Waals surface area contributed by atoms with Crippen LogP contribution in [0.2, 0.25) is 0 Å². The zero-order chi connectivity index (χ0) is 14.2. The number of benzene rings is 2. The summed E-state index contributed by atoms with van der Waals surface area (Å²) in [6.45, 7) is 2.05. The number of rotatable bonds is 2. The van der Waals surface area contributed by atoms with Crippen LogP contribution in [0.4, 0.5) is 0 Å². The van der Waals surface area contributed by atoms with Gasteiger partial charge < -0.3 is 4.98 Å². The summed E-state index contributed by atoms with van der Waals surface area (Å²) in [6, 6.07) is 16.0. The van der Waals surface area contributed by atoms with Crippen molar-refractivity contribution in [2.45, 2.75) is 6.92 Å². The lowest BCUT2D eigenvalue weighted by molar-refractivity contribution is 0.799. The molecule has 0 radical (unpaired) electrons. The number of fused-ring (bicyclic) bond motifs is 1. The number of aryl methyl sites for hydroxylation is 1. The maximum atomic E-state index is 4.54. The summed E-state index contributed by atoms with van der Waals surface area (Å²) in [5, 5.41) is 8.42. The number of hydrogen-bond donors (Lipinski definition) is 1. The van der Waals surface area contributed by atoms with E-state index in [-0.39, 0.29) is 0 Å². The first-order valence-corrected chi connectivity index (χ1v) is 6.75. The summed E-state index contributed by atoms with van der Waals surface area (Å²) in [5.41, 5.74) is 4.83. The molecule has 0 aliphatic heterocycles. The van der Waals surface area contributed by atoms with Gasteiger partial charge >= 0.3 is 0 Å². The number of H-pyrrole nitrogens is 1.